The van der Waals surface area contributed by atoms with Gasteiger partial charge in [-0.1, -0.05) is 41.9 Å². The molecule has 8 nitrogen and oxygen atoms in total. The predicted molar refractivity (Wildman–Crippen MR) is 146 cm³/mol. The quantitative estimate of drug-likeness (QED) is 0.365. The molecule has 1 saturated carbocycles. The van der Waals surface area contributed by atoms with Gasteiger partial charge in [0.25, 0.3) is 11.5 Å². The van der Waals surface area contributed by atoms with E-state index in [2.05, 4.69) is 9.97 Å². The lowest BCUT2D eigenvalue weighted by Gasteiger charge is -2.24. The summed E-state index contributed by atoms with van der Waals surface area (Å²) in [6, 6.07) is 19.9. The Kier molecular flexibility index (Phi) is 6.66. The highest BCUT2D eigenvalue weighted by atomic mass is 35.5. The van der Waals surface area contributed by atoms with Crippen LogP contribution in [0.4, 0.5) is 0 Å². The zero-order chi connectivity index (χ0) is 27.0. The molecule has 2 aromatic heterocycles. The number of hydrogen-bond donors (Lipinski definition) is 2. The number of H-pyrrole nitrogens is 1. The Bertz CT molecular complexity index is 1590. The number of pyridine rings is 1. The number of aromatic nitrogens is 3. The molecule has 1 fully saturated rings. The van der Waals surface area contributed by atoms with E-state index in [1.54, 1.807) is 30.5 Å². The summed E-state index contributed by atoms with van der Waals surface area (Å²) < 4.78 is 5.93. The molecule has 1 aliphatic carbocycles. The summed E-state index contributed by atoms with van der Waals surface area (Å²) in [5.41, 5.74) is 1.90. The topological polar surface area (TPSA) is 108 Å². The van der Waals surface area contributed by atoms with Gasteiger partial charge in [0.15, 0.2) is 6.10 Å². The van der Waals surface area contributed by atoms with Gasteiger partial charge in [-0.25, -0.2) is 9.97 Å². The number of hydrogen-bond acceptors (Lipinski definition) is 6. The van der Waals surface area contributed by atoms with Gasteiger partial charge < -0.3 is 19.7 Å². The van der Waals surface area contributed by atoms with Crippen molar-refractivity contribution in [3.05, 3.63) is 117 Å². The lowest BCUT2D eigenvalue weighted by atomic mass is 9.95. The molecule has 198 valence electrons. The first-order valence-corrected chi connectivity index (χ1v) is 13.3. The van der Waals surface area contributed by atoms with Gasteiger partial charge in [-0.15, -0.1) is 0 Å². The summed E-state index contributed by atoms with van der Waals surface area (Å²) in [7, 11) is 0. The molecule has 1 amide bonds. The van der Waals surface area contributed by atoms with Crippen LogP contribution in [0.2, 0.25) is 5.02 Å². The van der Waals surface area contributed by atoms with Crippen LogP contribution in [0.3, 0.4) is 0 Å². The first kappa shape index (κ1) is 25.3. The zero-order valence-electron chi connectivity index (χ0n) is 21.1. The number of para-hydroxylation sites is 1. The van der Waals surface area contributed by atoms with Gasteiger partial charge in [0.05, 0.1) is 23.2 Å². The lowest BCUT2D eigenvalue weighted by Crippen LogP contribution is -2.36. The maximum atomic E-state index is 13.4. The second kappa shape index (κ2) is 10.3. The van der Waals surface area contributed by atoms with Crippen LogP contribution in [0.1, 0.15) is 53.6 Å². The van der Waals surface area contributed by atoms with Crippen molar-refractivity contribution in [1.29, 1.82) is 0 Å². The molecule has 39 heavy (non-hydrogen) atoms. The third-order valence-electron chi connectivity index (χ3n) is 7.46. The average Bonchev–Trinajstić information content (AvgIpc) is 3.78. The number of aryl methyl sites for hydroxylation is 1. The Morgan fingerprint density at radius 2 is 1.92 bits per heavy atom. The van der Waals surface area contributed by atoms with Crippen LogP contribution in [0.25, 0.3) is 0 Å². The molecule has 0 unspecified atom stereocenters. The monoisotopic (exact) mass is 542 g/mol. The third kappa shape index (κ3) is 5.05. The lowest BCUT2D eigenvalue weighted by molar-refractivity contribution is -0.141. The molecule has 0 spiro atoms. The van der Waals surface area contributed by atoms with Crippen molar-refractivity contribution in [2.45, 2.75) is 43.7 Å². The number of nitrogens with one attached hydrogen (secondary N) is 1. The molecule has 1 atom stereocenters. The van der Waals surface area contributed by atoms with Gasteiger partial charge in [-0.05, 0) is 67.1 Å². The first-order chi connectivity index (χ1) is 18.9. The van der Waals surface area contributed by atoms with E-state index in [-0.39, 0.29) is 12.1 Å². The Labute approximate surface area is 230 Å². The van der Waals surface area contributed by atoms with E-state index < -0.39 is 17.4 Å². The molecule has 1 aliphatic heterocycles. The van der Waals surface area contributed by atoms with E-state index in [9.17, 15) is 14.7 Å². The van der Waals surface area contributed by atoms with E-state index in [4.69, 9.17) is 21.3 Å². The van der Waals surface area contributed by atoms with Crippen LogP contribution in [0.15, 0.2) is 77.7 Å². The van der Waals surface area contributed by atoms with Gasteiger partial charge in [0.2, 0.25) is 5.88 Å². The minimum atomic E-state index is -1.36. The molecule has 2 aromatic carbocycles. The van der Waals surface area contributed by atoms with Crippen molar-refractivity contribution >= 4 is 17.5 Å². The molecule has 0 radical (unpaired) electrons. The summed E-state index contributed by atoms with van der Waals surface area (Å²) in [4.78, 5) is 40.3. The Hall–Kier alpha value is -4.01. The van der Waals surface area contributed by atoms with Crippen LogP contribution in [0.5, 0.6) is 11.6 Å². The smallest absolute Gasteiger partial charge is 0.256 e. The fraction of sp³-hybridized carbons (Fsp3) is 0.267. The normalized spacial score (nSPS) is 16.6. The van der Waals surface area contributed by atoms with Crippen molar-refractivity contribution in [3.8, 4) is 11.6 Å². The number of benzene rings is 2. The number of aromatic amines is 1. The number of carbonyl (C=O) groups excluding carboxylic acids is 1. The van der Waals surface area contributed by atoms with Crippen LogP contribution in [-0.4, -0.2) is 37.4 Å². The number of halogens is 1. The van der Waals surface area contributed by atoms with Crippen molar-refractivity contribution in [1.82, 2.24) is 19.9 Å². The standard InChI is InChI=1S/C30H27ClN4O4/c31-21-7-4-6-19(16-21)26(36)28(38)35-15-5-10-24-23(18-35)27(37)34-29(33-24)30(12-13-30)20-11-14-32-25(17-20)39-22-8-2-1-3-9-22/h1-4,6-9,11,14,16-17,26,36H,5,10,12-13,15,18H2,(H,33,34,37)/t26-/m1/s1. The Balaban J connectivity index is 1.26. The minimum Gasteiger partial charge on any atom is -0.439 e. The van der Waals surface area contributed by atoms with Crippen LogP contribution >= 0.6 is 11.6 Å². The number of nitrogens with zero attached hydrogens (tertiary/aromatic N) is 3. The van der Waals surface area contributed by atoms with Gasteiger partial charge >= 0.3 is 0 Å². The number of rotatable bonds is 6. The molecule has 9 heteroatoms. The van der Waals surface area contributed by atoms with Gasteiger partial charge in [0, 0.05) is 23.8 Å². The van der Waals surface area contributed by atoms with E-state index in [1.165, 1.54) is 4.90 Å². The maximum Gasteiger partial charge on any atom is 0.256 e. The van der Waals surface area contributed by atoms with E-state index in [0.717, 1.165) is 18.4 Å². The number of amides is 1. The highest BCUT2D eigenvalue weighted by Gasteiger charge is 2.49. The fourth-order valence-corrected chi connectivity index (χ4v) is 5.39. The Morgan fingerprint density at radius 3 is 2.69 bits per heavy atom. The third-order valence-corrected chi connectivity index (χ3v) is 7.69. The van der Waals surface area contributed by atoms with Crippen molar-refractivity contribution in [2.75, 3.05) is 6.54 Å². The summed E-state index contributed by atoms with van der Waals surface area (Å²) in [6.07, 6.45) is 3.25. The van der Waals surface area contributed by atoms with E-state index >= 15 is 0 Å². The summed E-state index contributed by atoms with van der Waals surface area (Å²) in [6.45, 7) is 0.503. The molecule has 6 rings (SSSR count). The maximum absolute atomic E-state index is 13.4. The summed E-state index contributed by atoms with van der Waals surface area (Å²) in [5.74, 6) is 1.34. The predicted octanol–water partition coefficient (Wildman–Crippen LogP) is 4.70. The van der Waals surface area contributed by atoms with E-state index in [0.29, 0.717) is 58.7 Å². The first-order valence-electron chi connectivity index (χ1n) is 13.0. The van der Waals surface area contributed by atoms with Crippen LogP contribution in [0, 0.1) is 0 Å². The number of fused-ring (bicyclic) bond motifs is 1. The van der Waals surface area contributed by atoms with Crippen molar-refractivity contribution in [2.24, 2.45) is 0 Å². The molecule has 4 aromatic rings. The minimum absolute atomic E-state index is 0.0890. The highest BCUT2D eigenvalue weighted by molar-refractivity contribution is 6.30. The molecule has 0 bridgehead atoms. The highest BCUT2D eigenvalue weighted by Crippen LogP contribution is 2.52. The van der Waals surface area contributed by atoms with Gasteiger partial charge in [-0.2, -0.15) is 0 Å². The van der Waals surface area contributed by atoms with Crippen molar-refractivity contribution < 1.29 is 14.6 Å². The largest absolute Gasteiger partial charge is 0.439 e. The van der Waals surface area contributed by atoms with Crippen LogP contribution in [-0.2, 0) is 23.2 Å². The van der Waals surface area contributed by atoms with Crippen LogP contribution < -0.4 is 10.3 Å². The SMILES string of the molecule is O=C([C@H](O)c1cccc(Cl)c1)N1CCCc2nc(C3(c4ccnc(Oc5ccccc5)c4)CC3)[nH]c(=O)c2C1. The second-order valence-electron chi connectivity index (χ2n) is 10.0. The molecular weight excluding hydrogens is 516 g/mol. The second-order valence-corrected chi connectivity index (χ2v) is 10.5. The van der Waals surface area contributed by atoms with Crippen molar-refractivity contribution in [3.63, 3.8) is 0 Å². The van der Waals surface area contributed by atoms with E-state index in [1.807, 2.05) is 42.5 Å². The average molecular weight is 543 g/mol. The number of carbonyl (C=O) groups is 1. The number of aliphatic hydroxyl groups excluding tert-OH is 1. The van der Waals surface area contributed by atoms with Gasteiger partial charge in [0.1, 0.15) is 11.6 Å². The zero-order valence-corrected chi connectivity index (χ0v) is 21.9. The fourth-order valence-electron chi connectivity index (χ4n) is 5.19. The summed E-state index contributed by atoms with van der Waals surface area (Å²) in [5, 5.41) is 11.1. The molecule has 2 N–H and O–H groups in total. The molecular formula is C30H27ClN4O4. The molecule has 0 saturated heterocycles. The number of ether oxygens (including phenoxy) is 1. The molecule has 2 aliphatic rings. The number of aliphatic hydroxyl groups is 1. The van der Waals surface area contributed by atoms with Gasteiger partial charge in [-0.3, -0.25) is 9.59 Å². The molecule has 3 heterocycles. The Morgan fingerprint density at radius 1 is 1.10 bits per heavy atom. The summed E-state index contributed by atoms with van der Waals surface area (Å²) >= 11 is 6.04.